The number of thiophene rings is 1. The maximum Gasteiger partial charge on any atom is 0.330 e. The first-order chi connectivity index (χ1) is 12.2. The molecular formula is C18H19NO5S. The number of methoxy groups -OCH3 is 1. The van der Waals surface area contributed by atoms with Crippen LogP contribution < -0.4 is 19.5 Å². The van der Waals surface area contributed by atoms with Crippen molar-refractivity contribution in [2.24, 2.45) is 0 Å². The number of esters is 1. The van der Waals surface area contributed by atoms with Gasteiger partial charge in [0.05, 0.1) is 19.4 Å². The molecule has 0 aliphatic carbocycles. The van der Waals surface area contributed by atoms with Crippen LogP contribution in [-0.2, 0) is 16.1 Å². The van der Waals surface area contributed by atoms with Gasteiger partial charge in [-0.05, 0) is 30.5 Å². The van der Waals surface area contributed by atoms with Crippen molar-refractivity contribution < 1.29 is 23.7 Å². The van der Waals surface area contributed by atoms with Gasteiger partial charge in [-0.3, -0.25) is 0 Å². The molecule has 0 saturated carbocycles. The molecule has 1 N–H and O–H groups in total. The Morgan fingerprint density at radius 2 is 2.24 bits per heavy atom. The minimum atomic E-state index is -0.407. The Bertz CT molecular complexity index is 770. The number of anilines is 1. The highest BCUT2D eigenvalue weighted by Crippen LogP contribution is 2.49. The van der Waals surface area contributed by atoms with Gasteiger partial charge in [-0.1, -0.05) is 6.07 Å². The molecule has 2 heterocycles. The molecule has 6 nitrogen and oxygen atoms in total. The van der Waals surface area contributed by atoms with Crippen molar-refractivity contribution in [1.29, 1.82) is 0 Å². The van der Waals surface area contributed by atoms with E-state index >= 15 is 0 Å². The van der Waals surface area contributed by atoms with Gasteiger partial charge in [0.15, 0.2) is 11.5 Å². The quantitative estimate of drug-likeness (QED) is 0.599. The predicted molar refractivity (Wildman–Crippen MR) is 96.4 cm³/mol. The monoisotopic (exact) mass is 361 g/mol. The Morgan fingerprint density at radius 1 is 1.40 bits per heavy atom. The molecule has 0 atom stereocenters. The number of carbonyl (C=O) groups excluding carboxylic acids is 1. The van der Waals surface area contributed by atoms with E-state index < -0.39 is 5.97 Å². The van der Waals surface area contributed by atoms with E-state index in [1.165, 1.54) is 11.0 Å². The SMILES string of the molecule is CCOC(=O)/C=C/c1cc(NCc2cccs2)c2c(c1OC)OCO2. The summed E-state index contributed by atoms with van der Waals surface area (Å²) in [7, 11) is 1.55. The molecule has 0 bridgehead atoms. The molecule has 0 saturated heterocycles. The zero-order chi connectivity index (χ0) is 17.6. The summed E-state index contributed by atoms with van der Waals surface area (Å²) in [6.45, 7) is 2.89. The molecule has 2 aromatic rings. The maximum absolute atomic E-state index is 11.6. The Hall–Kier alpha value is -2.67. The van der Waals surface area contributed by atoms with E-state index in [-0.39, 0.29) is 6.79 Å². The van der Waals surface area contributed by atoms with Gasteiger partial charge in [0.1, 0.15) is 0 Å². The standard InChI is InChI=1S/C18H19NO5S/c1-3-22-15(20)7-6-12-9-14(19-10-13-5-4-8-25-13)17-18(16(12)21-2)24-11-23-17/h4-9,19H,3,10-11H2,1-2H3/b7-6+. The molecule has 1 aliphatic rings. The molecule has 132 valence electrons. The van der Waals surface area contributed by atoms with Crippen LogP contribution in [0.25, 0.3) is 6.08 Å². The van der Waals surface area contributed by atoms with E-state index in [1.807, 2.05) is 17.5 Å². The van der Waals surface area contributed by atoms with E-state index in [1.54, 1.807) is 31.4 Å². The first-order valence-electron chi connectivity index (χ1n) is 7.84. The molecule has 25 heavy (non-hydrogen) atoms. The summed E-state index contributed by atoms with van der Waals surface area (Å²) in [5.74, 6) is 1.26. The molecule has 7 heteroatoms. The fourth-order valence-corrected chi connectivity index (χ4v) is 3.12. The van der Waals surface area contributed by atoms with Gasteiger partial charge in [-0.15, -0.1) is 11.3 Å². The number of hydrogen-bond donors (Lipinski definition) is 1. The van der Waals surface area contributed by atoms with Crippen molar-refractivity contribution >= 4 is 29.1 Å². The van der Waals surface area contributed by atoms with E-state index in [0.717, 1.165) is 5.69 Å². The fourth-order valence-electron chi connectivity index (χ4n) is 2.47. The average molecular weight is 361 g/mol. The van der Waals surface area contributed by atoms with Crippen LogP contribution in [0.4, 0.5) is 5.69 Å². The summed E-state index contributed by atoms with van der Waals surface area (Å²) in [6, 6.07) is 5.93. The maximum atomic E-state index is 11.6. The lowest BCUT2D eigenvalue weighted by atomic mass is 10.1. The van der Waals surface area contributed by atoms with Crippen LogP contribution in [0.5, 0.6) is 17.2 Å². The van der Waals surface area contributed by atoms with Gasteiger partial charge in [0, 0.05) is 23.1 Å². The van der Waals surface area contributed by atoms with Crippen molar-refractivity contribution in [3.8, 4) is 17.2 Å². The summed E-state index contributed by atoms with van der Waals surface area (Å²) >= 11 is 1.67. The minimum Gasteiger partial charge on any atom is -0.492 e. The first-order valence-corrected chi connectivity index (χ1v) is 8.72. The van der Waals surface area contributed by atoms with E-state index in [0.29, 0.717) is 36.0 Å². The van der Waals surface area contributed by atoms with Crippen molar-refractivity contribution in [2.75, 3.05) is 25.8 Å². The van der Waals surface area contributed by atoms with Crippen LogP contribution in [0, 0.1) is 0 Å². The lowest BCUT2D eigenvalue weighted by Gasteiger charge is -2.13. The number of nitrogens with one attached hydrogen (secondary N) is 1. The smallest absolute Gasteiger partial charge is 0.330 e. The number of carbonyl (C=O) groups is 1. The van der Waals surface area contributed by atoms with Crippen LogP contribution >= 0.6 is 11.3 Å². The summed E-state index contributed by atoms with van der Waals surface area (Å²) in [5.41, 5.74) is 1.48. The van der Waals surface area contributed by atoms with Crippen LogP contribution in [0.2, 0.25) is 0 Å². The van der Waals surface area contributed by atoms with Crippen LogP contribution in [0.1, 0.15) is 17.4 Å². The number of benzene rings is 1. The zero-order valence-corrected chi connectivity index (χ0v) is 14.9. The van der Waals surface area contributed by atoms with E-state index in [2.05, 4.69) is 11.4 Å². The molecule has 0 amide bonds. The normalized spacial score (nSPS) is 12.4. The molecular weight excluding hydrogens is 342 g/mol. The van der Waals surface area contributed by atoms with E-state index in [4.69, 9.17) is 18.9 Å². The van der Waals surface area contributed by atoms with E-state index in [9.17, 15) is 4.79 Å². The zero-order valence-electron chi connectivity index (χ0n) is 14.0. The lowest BCUT2D eigenvalue weighted by molar-refractivity contribution is -0.137. The molecule has 0 unspecified atom stereocenters. The Labute approximate surface area is 150 Å². The Kier molecular flexibility index (Phi) is 5.45. The number of ether oxygens (including phenoxy) is 4. The second kappa shape index (κ2) is 7.94. The highest BCUT2D eigenvalue weighted by Gasteiger charge is 2.25. The van der Waals surface area contributed by atoms with Gasteiger partial charge in [-0.25, -0.2) is 4.79 Å². The average Bonchev–Trinajstić information content (AvgIpc) is 3.29. The third kappa shape index (κ3) is 3.88. The highest BCUT2D eigenvalue weighted by molar-refractivity contribution is 7.09. The van der Waals surface area contributed by atoms with Gasteiger partial charge >= 0.3 is 5.97 Å². The van der Waals surface area contributed by atoms with Crippen molar-refractivity contribution in [2.45, 2.75) is 13.5 Å². The van der Waals surface area contributed by atoms with Crippen molar-refractivity contribution in [1.82, 2.24) is 0 Å². The van der Waals surface area contributed by atoms with Crippen molar-refractivity contribution in [3.05, 3.63) is 40.1 Å². The van der Waals surface area contributed by atoms with Crippen LogP contribution in [0.3, 0.4) is 0 Å². The second-order valence-corrected chi connectivity index (χ2v) is 6.16. The number of rotatable bonds is 7. The van der Waals surface area contributed by atoms with Gasteiger partial charge < -0.3 is 24.3 Å². The number of hydrogen-bond acceptors (Lipinski definition) is 7. The summed E-state index contributed by atoms with van der Waals surface area (Å²) in [5, 5.41) is 5.38. The first kappa shape index (κ1) is 17.2. The molecule has 1 aromatic carbocycles. The van der Waals surface area contributed by atoms with Crippen LogP contribution in [0.15, 0.2) is 29.7 Å². The predicted octanol–water partition coefficient (Wildman–Crippen LogP) is 3.67. The van der Waals surface area contributed by atoms with Crippen molar-refractivity contribution in [3.63, 3.8) is 0 Å². The highest BCUT2D eigenvalue weighted by atomic mass is 32.1. The lowest BCUT2D eigenvalue weighted by Crippen LogP contribution is -2.01. The third-order valence-corrected chi connectivity index (χ3v) is 4.42. The molecule has 3 rings (SSSR count). The topological polar surface area (TPSA) is 66.0 Å². The largest absolute Gasteiger partial charge is 0.492 e. The van der Waals surface area contributed by atoms with Crippen LogP contribution in [-0.4, -0.2) is 26.5 Å². The third-order valence-electron chi connectivity index (χ3n) is 3.55. The molecule has 1 aliphatic heterocycles. The summed E-state index contributed by atoms with van der Waals surface area (Å²) in [4.78, 5) is 12.8. The Morgan fingerprint density at radius 3 is 2.96 bits per heavy atom. The molecule has 0 fully saturated rings. The van der Waals surface area contributed by atoms with Gasteiger partial charge in [0.25, 0.3) is 0 Å². The summed E-state index contributed by atoms with van der Waals surface area (Å²) < 4.78 is 21.5. The number of fused-ring (bicyclic) bond motifs is 1. The molecule has 0 spiro atoms. The minimum absolute atomic E-state index is 0.129. The Balaban J connectivity index is 1.91. The molecule has 1 aromatic heterocycles. The second-order valence-electron chi connectivity index (χ2n) is 5.13. The van der Waals surface area contributed by atoms with Gasteiger partial charge in [0.2, 0.25) is 12.5 Å². The van der Waals surface area contributed by atoms with Gasteiger partial charge in [-0.2, -0.15) is 0 Å². The summed E-state index contributed by atoms with van der Waals surface area (Å²) in [6.07, 6.45) is 3.02. The fraction of sp³-hybridized carbons (Fsp3) is 0.278. The molecule has 0 radical (unpaired) electrons.